The van der Waals surface area contributed by atoms with E-state index in [1.807, 2.05) is 0 Å². The molecule has 0 unspecified atom stereocenters. The summed E-state index contributed by atoms with van der Waals surface area (Å²) in [6.45, 7) is 7.40. The summed E-state index contributed by atoms with van der Waals surface area (Å²) in [6.07, 6.45) is 0.887. The van der Waals surface area contributed by atoms with Crippen molar-refractivity contribution >= 4 is 29.1 Å². The van der Waals surface area contributed by atoms with Crippen LogP contribution in [0.25, 0.3) is 11.3 Å². The Balaban J connectivity index is 1.65. The van der Waals surface area contributed by atoms with Crippen molar-refractivity contribution in [2.75, 3.05) is 39.3 Å². The van der Waals surface area contributed by atoms with Crippen molar-refractivity contribution in [3.63, 3.8) is 0 Å². The number of nitrogens with one attached hydrogen (secondary N) is 2. The Kier molecular flexibility index (Phi) is 6.53. The quantitative estimate of drug-likeness (QED) is 0.734. The average Bonchev–Trinajstić information content (AvgIpc) is 3.01. The van der Waals surface area contributed by atoms with Gasteiger partial charge < -0.3 is 20.1 Å². The topological polar surface area (TPSA) is 70.4 Å². The Morgan fingerprint density at radius 3 is 2.69 bits per heavy atom. The summed E-state index contributed by atoms with van der Waals surface area (Å²) in [5.74, 6) is 0.214. The number of hydrogen-bond donors (Lipinski definition) is 2. The van der Waals surface area contributed by atoms with Gasteiger partial charge in [-0.2, -0.15) is 0 Å². The highest BCUT2D eigenvalue weighted by atomic mass is 35.5. The Labute approximate surface area is 162 Å². The molecule has 3 rings (SSSR count). The number of rotatable bonds is 6. The molecule has 2 heterocycles. The highest BCUT2D eigenvalue weighted by Crippen LogP contribution is 2.36. The van der Waals surface area contributed by atoms with Crippen molar-refractivity contribution in [1.29, 1.82) is 0 Å². The summed E-state index contributed by atoms with van der Waals surface area (Å²) in [7, 11) is 0. The number of aromatic nitrogens is 1. The van der Waals surface area contributed by atoms with Crippen LogP contribution in [0.5, 0.6) is 0 Å². The van der Waals surface area contributed by atoms with Gasteiger partial charge in [-0.25, -0.2) is 0 Å². The van der Waals surface area contributed by atoms with E-state index in [1.54, 1.807) is 25.1 Å². The van der Waals surface area contributed by atoms with Gasteiger partial charge in [0.15, 0.2) is 0 Å². The summed E-state index contributed by atoms with van der Waals surface area (Å²) in [6, 6.07) is 5.17. The van der Waals surface area contributed by atoms with E-state index >= 15 is 0 Å². The number of nitrogens with zero attached hydrogens (tertiary/aromatic N) is 2. The number of hydrogen-bond acceptors (Lipinski definition) is 5. The predicted molar refractivity (Wildman–Crippen MR) is 103 cm³/mol. The maximum absolute atomic E-state index is 12.7. The maximum Gasteiger partial charge on any atom is 0.257 e. The molecule has 140 valence electrons. The van der Waals surface area contributed by atoms with Crippen molar-refractivity contribution in [2.45, 2.75) is 13.3 Å². The summed E-state index contributed by atoms with van der Waals surface area (Å²) in [4.78, 5) is 15.1. The first-order chi connectivity index (χ1) is 12.6. The van der Waals surface area contributed by atoms with Crippen LogP contribution in [0.1, 0.15) is 22.5 Å². The second-order valence-electron chi connectivity index (χ2n) is 6.26. The second-order valence-corrected chi connectivity index (χ2v) is 7.07. The third kappa shape index (κ3) is 4.38. The highest BCUT2D eigenvalue weighted by Gasteiger charge is 2.24. The molecule has 1 amide bonds. The lowest BCUT2D eigenvalue weighted by Crippen LogP contribution is -2.44. The molecule has 26 heavy (non-hydrogen) atoms. The molecule has 0 bridgehead atoms. The molecule has 0 atom stereocenters. The molecule has 1 aliphatic heterocycles. The number of piperazine rings is 1. The Morgan fingerprint density at radius 1 is 1.31 bits per heavy atom. The van der Waals surface area contributed by atoms with E-state index in [0.717, 1.165) is 39.1 Å². The molecule has 2 aromatic rings. The monoisotopic (exact) mass is 396 g/mol. The van der Waals surface area contributed by atoms with Crippen LogP contribution < -0.4 is 10.6 Å². The summed E-state index contributed by atoms with van der Waals surface area (Å²) in [5.41, 5.74) is 1.26. The summed E-state index contributed by atoms with van der Waals surface area (Å²) < 4.78 is 5.24. The molecule has 8 heteroatoms. The van der Waals surface area contributed by atoms with E-state index in [4.69, 9.17) is 27.7 Å². The van der Waals surface area contributed by atoms with Gasteiger partial charge in [0.1, 0.15) is 17.0 Å². The van der Waals surface area contributed by atoms with E-state index in [2.05, 4.69) is 20.7 Å². The largest absolute Gasteiger partial charge is 0.360 e. The van der Waals surface area contributed by atoms with Crippen LogP contribution in [0.2, 0.25) is 10.0 Å². The number of aryl methyl sites for hydroxylation is 1. The highest BCUT2D eigenvalue weighted by molar-refractivity contribution is 6.39. The van der Waals surface area contributed by atoms with Crippen molar-refractivity contribution in [2.24, 2.45) is 0 Å². The van der Waals surface area contributed by atoms with Gasteiger partial charge in [0.25, 0.3) is 5.91 Å². The Hall–Kier alpha value is -1.60. The van der Waals surface area contributed by atoms with E-state index in [1.165, 1.54) is 0 Å². The van der Waals surface area contributed by atoms with Crippen molar-refractivity contribution < 1.29 is 9.32 Å². The lowest BCUT2D eigenvalue weighted by molar-refractivity contribution is 0.0950. The molecule has 0 spiro atoms. The molecule has 1 aliphatic rings. The van der Waals surface area contributed by atoms with Crippen molar-refractivity contribution in [3.8, 4) is 11.3 Å². The molecule has 1 fully saturated rings. The average molecular weight is 397 g/mol. The minimum atomic E-state index is -0.227. The fraction of sp³-hybridized carbons (Fsp3) is 0.444. The number of carbonyl (C=O) groups is 1. The first-order valence-corrected chi connectivity index (χ1v) is 9.45. The number of carbonyl (C=O) groups excluding carboxylic acids is 1. The lowest BCUT2D eigenvalue weighted by Gasteiger charge is -2.27. The first-order valence-electron chi connectivity index (χ1n) is 8.70. The fourth-order valence-electron chi connectivity index (χ4n) is 3.06. The number of benzene rings is 1. The van der Waals surface area contributed by atoms with Crippen LogP contribution in [0, 0.1) is 6.92 Å². The van der Waals surface area contributed by atoms with E-state index < -0.39 is 0 Å². The fourth-order valence-corrected chi connectivity index (χ4v) is 3.64. The minimum absolute atomic E-state index is 0.227. The molecule has 0 radical (unpaired) electrons. The summed E-state index contributed by atoms with van der Waals surface area (Å²) in [5, 5.41) is 11.1. The zero-order chi connectivity index (χ0) is 18.5. The molecular weight excluding hydrogens is 375 g/mol. The molecule has 6 nitrogen and oxygen atoms in total. The molecule has 0 aliphatic carbocycles. The van der Waals surface area contributed by atoms with Gasteiger partial charge >= 0.3 is 0 Å². The van der Waals surface area contributed by atoms with Crippen molar-refractivity contribution in [3.05, 3.63) is 39.6 Å². The third-order valence-corrected chi connectivity index (χ3v) is 5.07. The van der Waals surface area contributed by atoms with Crippen LogP contribution in [-0.4, -0.2) is 55.2 Å². The lowest BCUT2D eigenvalue weighted by atomic mass is 10.1. The van der Waals surface area contributed by atoms with Gasteiger partial charge in [-0.15, -0.1) is 0 Å². The van der Waals surface area contributed by atoms with E-state index in [-0.39, 0.29) is 5.91 Å². The van der Waals surface area contributed by atoms with Crippen LogP contribution in [-0.2, 0) is 0 Å². The smallest absolute Gasteiger partial charge is 0.257 e. The van der Waals surface area contributed by atoms with Gasteiger partial charge in [0.2, 0.25) is 0 Å². The first kappa shape index (κ1) is 19.2. The van der Waals surface area contributed by atoms with Crippen LogP contribution in [0.15, 0.2) is 22.7 Å². The standard InChI is InChI=1S/C18H22Cl2N4O2/c1-12-15(17(23-26-12)16-13(19)4-2-5-14(16)20)18(25)22-6-3-9-24-10-7-21-8-11-24/h2,4-5,21H,3,6-11H2,1H3,(H,22,25). The molecule has 1 aromatic carbocycles. The molecular formula is C18H22Cl2N4O2. The SMILES string of the molecule is Cc1onc(-c2c(Cl)cccc2Cl)c1C(=O)NCCCN1CCNCC1. The molecule has 1 saturated heterocycles. The van der Waals surface area contributed by atoms with Crippen LogP contribution in [0.3, 0.4) is 0 Å². The zero-order valence-electron chi connectivity index (χ0n) is 14.6. The molecule has 0 saturated carbocycles. The number of amides is 1. The zero-order valence-corrected chi connectivity index (χ0v) is 16.2. The van der Waals surface area contributed by atoms with Gasteiger partial charge in [-0.1, -0.05) is 34.4 Å². The molecule has 1 aromatic heterocycles. The van der Waals surface area contributed by atoms with Crippen LogP contribution in [0.4, 0.5) is 0 Å². The number of halogens is 2. The van der Waals surface area contributed by atoms with Crippen LogP contribution >= 0.6 is 23.2 Å². The minimum Gasteiger partial charge on any atom is -0.360 e. The van der Waals surface area contributed by atoms with Gasteiger partial charge in [-0.3, -0.25) is 4.79 Å². The van der Waals surface area contributed by atoms with Crippen molar-refractivity contribution in [1.82, 2.24) is 20.7 Å². The van der Waals surface area contributed by atoms with Gasteiger partial charge in [0.05, 0.1) is 10.0 Å². The van der Waals surface area contributed by atoms with Gasteiger partial charge in [-0.05, 0) is 32.0 Å². The Bertz CT molecular complexity index is 752. The summed E-state index contributed by atoms with van der Waals surface area (Å²) >= 11 is 12.5. The van der Waals surface area contributed by atoms with E-state index in [0.29, 0.717) is 39.2 Å². The molecule has 2 N–H and O–H groups in total. The van der Waals surface area contributed by atoms with Gasteiger partial charge in [0, 0.05) is 38.3 Å². The predicted octanol–water partition coefficient (Wildman–Crippen LogP) is 2.98. The normalized spacial score (nSPS) is 15.2. The second kappa shape index (κ2) is 8.86. The maximum atomic E-state index is 12.7. The Morgan fingerprint density at radius 2 is 2.00 bits per heavy atom. The third-order valence-electron chi connectivity index (χ3n) is 4.44. The van der Waals surface area contributed by atoms with E-state index in [9.17, 15) is 4.79 Å².